The number of hydrogen-bond acceptors (Lipinski definition) is 6. The van der Waals surface area contributed by atoms with Crippen LogP contribution >= 0.6 is 0 Å². The number of aryl methyl sites for hydroxylation is 1. The predicted molar refractivity (Wildman–Crippen MR) is 129 cm³/mol. The van der Waals surface area contributed by atoms with E-state index < -0.39 is 23.6 Å². The highest BCUT2D eigenvalue weighted by molar-refractivity contribution is 5.91. The number of hydrogen-bond donors (Lipinski definition) is 1. The summed E-state index contributed by atoms with van der Waals surface area (Å²) in [6.07, 6.45) is 1.97. The summed E-state index contributed by atoms with van der Waals surface area (Å²) >= 11 is 0. The van der Waals surface area contributed by atoms with Crippen molar-refractivity contribution < 1.29 is 22.3 Å². The van der Waals surface area contributed by atoms with Crippen LogP contribution in [-0.4, -0.2) is 70.9 Å². The molecule has 0 spiro atoms. The van der Waals surface area contributed by atoms with E-state index in [2.05, 4.69) is 15.2 Å². The molecule has 0 aliphatic carbocycles. The molecule has 194 valence electrons. The minimum atomic E-state index is -1.72. The number of piperazine rings is 1. The fourth-order valence-corrected chi connectivity index (χ4v) is 6.81. The third kappa shape index (κ3) is 3.93. The maximum absolute atomic E-state index is 15.5. The van der Waals surface area contributed by atoms with Gasteiger partial charge >= 0.3 is 6.01 Å². The second-order valence-electron chi connectivity index (χ2n) is 11.1. The van der Waals surface area contributed by atoms with Crippen molar-refractivity contribution in [3.8, 4) is 6.01 Å². The van der Waals surface area contributed by atoms with Crippen molar-refractivity contribution in [2.75, 3.05) is 37.7 Å². The van der Waals surface area contributed by atoms with Crippen molar-refractivity contribution >= 4 is 16.7 Å². The number of ether oxygens (including phenoxy) is 1. The first-order valence-electron chi connectivity index (χ1n) is 12.7. The molecule has 0 radical (unpaired) electrons. The number of halogens is 4. The van der Waals surface area contributed by atoms with Gasteiger partial charge in [-0.3, -0.25) is 4.90 Å². The fraction of sp³-hybridized carbons (Fsp3) is 0.615. The molecule has 10 heteroatoms. The van der Waals surface area contributed by atoms with E-state index in [1.54, 1.807) is 6.92 Å². The molecule has 0 saturated carbocycles. The molecule has 1 aromatic heterocycles. The SMILES string of the molecule is Cc1cc2c(N3C[C@H]4CC[C@@](C=C(F)F)(C3)N4)nc(OC[C@@]34CCCN3C[C@H](F)C4)nc2c(F)c1C. The minimum Gasteiger partial charge on any atom is -0.461 e. The molecule has 4 saturated heterocycles. The molecule has 4 atom stereocenters. The van der Waals surface area contributed by atoms with Gasteiger partial charge in [-0.25, -0.2) is 8.78 Å². The Morgan fingerprint density at radius 1 is 1.25 bits per heavy atom. The second kappa shape index (κ2) is 8.55. The number of aromatic nitrogens is 2. The van der Waals surface area contributed by atoms with Crippen LogP contribution in [0.1, 0.15) is 43.2 Å². The lowest BCUT2D eigenvalue weighted by atomic mass is 9.95. The van der Waals surface area contributed by atoms with Crippen LogP contribution in [0.3, 0.4) is 0 Å². The second-order valence-corrected chi connectivity index (χ2v) is 11.1. The van der Waals surface area contributed by atoms with E-state index in [-0.39, 0.29) is 36.3 Å². The Hall–Kier alpha value is -2.46. The number of alkyl halides is 1. The Morgan fingerprint density at radius 3 is 2.89 bits per heavy atom. The summed E-state index contributed by atoms with van der Waals surface area (Å²) in [5.74, 6) is 0.0457. The van der Waals surface area contributed by atoms with Crippen LogP contribution in [0, 0.1) is 19.7 Å². The highest BCUT2D eigenvalue weighted by Crippen LogP contribution is 2.41. The summed E-state index contributed by atoms with van der Waals surface area (Å²) in [5, 5.41) is 3.87. The van der Waals surface area contributed by atoms with Crippen LogP contribution in [-0.2, 0) is 0 Å². The summed E-state index contributed by atoms with van der Waals surface area (Å²) < 4.78 is 62.4. The summed E-state index contributed by atoms with van der Waals surface area (Å²) in [5.41, 5.74) is 0.166. The van der Waals surface area contributed by atoms with Crippen molar-refractivity contribution in [3.63, 3.8) is 0 Å². The summed E-state index contributed by atoms with van der Waals surface area (Å²) in [6.45, 7) is 5.85. The molecular formula is C26H31F4N5O. The van der Waals surface area contributed by atoms with Crippen LogP contribution < -0.4 is 15.0 Å². The van der Waals surface area contributed by atoms with Gasteiger partial charge in [0.1, 0.15) is 24.1 Å². The van der Waals surface area contributed by atoms with Gasteiger partial charge in [0.05, 0.1) is 11.1 Å². The van der Waals surface area contributed by atoms with Crippen LogP contribution in [0.15, 0.2) is 18.2 Å². The fourth-order valence-electron chi connectivity index (χ4n) is 6.81. The first-order valence-corrected chi connectivity index (χ1v) is 12.7. The van der Waals surface area contributed by atoms with Gasteiger partial charge < -0.3 is 15.0 Å². The molecule has 4 aliphatic rings. The normalized spacial score (nSPS) is 31.8. The van der Waals surface area contributed by atoms with Crippen molar-refractivity contribution in [1.82, 2.24) is 20.2 Å². The summed E-state index contributed by atoms with van der Waals surface area (Å²) in [6, 6.07) is 1.92. The zero-order valence-corrected chi connectivity index (χ0v) is 20.6. The van der Waals surface area contributed by atoms with Crippen LogP contribution in [0.2, 0.25) is 0 Å². The number of nitrogens with one attached hydrogen (secondary N) is 1. The zero-order valence-electron chi connectivity index (χ0n) is 20.6. The molecule has 2 bridgehead atoms. The quantitative estimate of drug-likeness (QED) is 0.607. The molecule has 6 rings (SSSR count). The van der Waals surface area contributed by atoms with Gasteiger partial charge in [0.15, 0.2) is 5.82 Å². The predicted octanol–water partition coefficient (Wildman–Crippen LogP) is 4.43. The van der Waals surface area contributed by atoms with Crippen molar-refractivity contribution in [2.24, 2.45) is 0 Å². The maximum atomic E-state index is 15.5. The van der Waals surface area contributed by atoms with E-state index in [1.807, 2.05) is 17.9 Å². The number of anilines is 1. The zero-order chi connectivity index (χ0) is 25.2. The van der Waals surface area contributed by atoms with Crippen molar-refractivity contribution in [1.29, 1.82) is 0 Å². The van der Waals surface area contributed by atoms with E-state index in [0.717, 1.165) is 37.4 Å². The third-order valence-corrected chi connectivity index (χ3v) is 8.65. The molecule has 4 aliphatic heterocycles. The third-order valence-electron chi connectivity index (χ3n) is 8.65. The van der Waals surface area contributed by atoms with Crippen molar-refractivity contribution in [3.05, 3.63) is 35.2 Å². The molecule has 5 heterocycles. The molecule has 2 aromatic rings. The summed E-state index contributed by atoms with van der Waals surface area (Å²) in [7, 11) is 0. The molecule has 36 heavy (non-hydrogen) atoms. The van der Waals surface area contributed by atoms with Gasteiger partial charge in [0, 0.05) is 43.6 Å². The van der Waals surface area contributed by atoms with E-state index >= 15 is 4.39 Å². The van der Waals surface area contributed by atoms with E-state index in [0.29, 0.717) is 42.7 Å². The van der Waals surface area contributed by atoms with Crippen molar-refractivity contribution in [2.45, 2.75) is 69.2 Å². The van der Waals surface area contributed by atoms with Gasteiger partial charge in [-0.1, -0.05) is 0 Å². The Morgan fingerprint density at radius 2 is 2.08 bits per heavy atom. The number of benzene rings is 1. The maximum Gasteiger partial charge on any atom is 0.319 e. The Bertz CT molecular complexity index is 1240. The molecule has 6 nitrogen and oxygen atoms in total. The lowest BCUT2D eigenvalue weighted by Gasteiger charge is -2.40. The first-order chi connectivity index (χ1) is 17.2. The average Bonchev–Trinajstić information content (AvgIpc) is 3.44. The molecule has 0 unspecified atom stereocenters. The number of fused-ring (bicyclic) bond motifs is 4. The average molecular weight is 506 g/mol. The molecule has 0 amide bonds. The standard InChI is InChI=1S/C26H31F4N5O/c1-15-8-19-22(21(30)16(15)2)31-24(36-14-26-5-3-7-35(26)11-17(27)9-26)32-23(19)34-12-18-4-6-25(13-34,33-18)10-20(28)29/h8,10,17-18,33H,3-7,9,11-14H2,1-2H3/t17-,18-,25-,26+/m1/s1. The van der Waals surface area contributed by atoms with Crippen LogP contribution in [0.25, 0.3) is 10.9 Å². The Kier molecular flexibility index (Phi) is 5.68. The Labute approximate surface area is 207 Å². The van der Waals surface area contributed by atoms with Crippen LogP contribution in [0.5, 0.6) is 6.01 Å². The smallest absolute Gasteiger partial charge is 0.319 e. The van der Waals surface area contributed by atoms with E-state index in [9.17, 15) is 13.2 Å². The molecular weight excluding hydrogens is 474 g/mol. The Balaban J connectivity index is 1.39. The van der Waals surface area contributed by atoms with Gasteiger partial charge in [0.2, 0.25) is 0 Å². The minimum absolute atomic E-state index is 0.0195. The molecule has 1 N–H and O–H groups in total. The first kappa shape index (κ1) is 23.9. The van der Waals surface area contributed by atoms with Gasteiger partial charge in [-0.15, -0.1) is 0 Å². The number of nitrogens with zero attached hydrogens (tertiary/aromatic N) is 4. The van der Waals surface area contributed by atoms with E-state index in [4.69, 9.17) is 9.72 Å². The lowest BCUT2D eigenvalue weighted by Crippen LogP contribution is -2.59. The molecule has 1 aromatic carbocycles. The highest BCUT2D eigenvalue weighted by Gasteiger charge is 2.49. The largest absolute Gasteiger partial charge is 0.461 e. The van der Waals surface area contributed by atoms with Gasteiger partial charge in [-0.05, 0) is 63.3 Å². The summed E-state index contributed by atoms with van der Waals surface area (Å²) in [4.78, 5) is 13.3. The van der Waals surface area contributed by atoms with Gasteiger partial charge in [-0.2, -0.15) is 18.7 Å². The molecule has 4 fully saturated rings. The highest BCUT2D eigenvalue weighted by atomic mass is 19.3. The topological polar surface area (TPSA) is 53.5 Å². The lowest BCUT2D eigenvalue weighted by molar-refractivity contribution is 0.107. The number of rotatable bonds is 5. The van der Waals surface area contributed by atoms with Crippen LogP contribution in [0.4, 0.5) is 23.4 Å². The van der Waals surface area contributed by atoms with Gasteiger partial charge in [0.25, 0.3) is 6.08 Å². The van der Waals surface area contributed by atoms with E-state index in [1.165, 1.54) is 0 Å². The monoisotopic (exact) mass is 505 g/mol.